The molecule has 0 unspecified atom stereocenters. The third kappa shape index (κ3) is 4.62. The largest absolute Gasteiger partial charge is 0.315 e. The molecule has 0 saturated carbocycles. The van der Waals surface area contributed by atoms with Gasteiger partial charge in [-0.1, -0.05) is 11.6 Å². The summed E-state index contributed by atoms with van der Waals surface area (Å²) in [6.45, 7) is 0.684. The van der Waals surface area contributed by atoms with E-state index in [2.05, 4.69) is 6.07 Å². The van der Waals surface area contributed by atoms with Crippen molar-refractivity contribution < 1.29 is 13.2 Å². The number of carbonyl (C=O) groups is 1. The van der Waals surface area contributed by atoms with Crippen molar-refractivity contribution in [3.05, 3.63) is 29.3 Å². The molecule has 1 amide bonds. The Morgan fingerprint density at radius 1 is 1.32 bits per heavy atom. The number of rotatable bonds is 5. The number of nitrogens with two attached hydrogens (primary N) is 1. The van der Waals surface area contributed by atoms with E-state index in [-0.39, 0.29) is 23.4 Å². The monoisotopic (exact) mass is 443 g/mol. The van der Waals surface area contributed by atoms with Gasteiger partial charge in [0, 0.05) is 29.9 Å². The Balaban J connectivity index is 1.55. The molecular weight excluding hydrogens is 422 g/mol. The van der Waals surface area contributed by atoms with E-state index in [1.807, 2.05) is 0 Å². The molecule has 1 aromatic rings. The van der Waals surface area contributed by atoms with Crippen molar-refractivity contribution >= 4 is 39.3 Å². The minimum absolute atomic E-state index is 0.0212. The van der Waals surface area contributed by atoms with Crippen molar-refractivity contribution in [2.24, 2.45) is 5.84 Å². The SMILES string of the molecule is N#C[C@@H]1CSCN1C(=O)CN(N)C1CCN(S(=O)(=O)c2ccc(Cl)cc2)CC1. The molecule has 152 valence electrons. The second-order valence-electron chi connectivity index (χ2n) is 6.77. The Hall–Kier alpha value is -1.35. The van der Waals surface area contributed by atoms with Crippen LogP contribution in [-0.4, -0.2) is 71.9 Å². The van der Waals surface area contributed by atoms with Crippen molar-refractivity contribution in [1.82, 2.24) is 14.2 Å². The number of nitrogens with zero attached hydrogens (tertiary/aromatic N) is 4. The van der Waals surface area contributed by atoms with E-state index in [1.54, 1.807) is 28.8 Å². The van der Waals surface area contributed by atoms with E-state index in [9.17, 15) is 13.2 Å². The average molecular weight is 444 g/mol. The predicted octanol–water partition coefficient (Wildman–Crippen LogP) is 1.09. The van der Waals surface area contributed by atoms with Crippen LogP contribution in [0.3, 0.4) is 0 Å². The van der Waals surface area contributed by atoms with E-state index in [0.29, 0.717) is 42.6 Å². The van der Waals surface area contributed by atoms with Crippen LogP contribution >= 0.6 is 23.4 Å². The Bertz CT molecular complexity index is 851. The van der Waals surface area contributed by atoms with Gasteiger partial charge < -0.3 is 4.90 Å². The molecule has 11 heteroatoms. The van der Waals surface area contributed by atoms with Crippen molar-refractivity contribution in [3.63, 3.8) is 0 Å². The first kappa shape index (κ1) is 21.4. The zero-order valence-electron chi connectivity index (χ0n) is 15.2. The van der Waals surface area contributed by atoms with Gasteiger partial charge in [-0.25, -0.2) is 13.4 Å². The number of hydrogen-bond acceptors (Lipinski definition) is 7. The van der Waals surface area contributed by atoms with Crippen LogP contribution in [0.4, 0.5) is 0 Å². The number of piperidine rings is 1. The zero-order valence-corrected chi connectivity index (χ0v) is 17.6. The quantitative estimate of drug-likeness (QED) is 0.535. The van der Waals surface area contributed by atoms with Crippen LogP contribution in [0.15, 0.2) is 29.2 Å². The van der Waals surface area contributed by atoms with Crippen LogP contribution in [0.2, 0.25) is 5.02 Å². The molecule has 2 heterocycles. The smallest absolute Gasteiger partial charge is 0.243 e. The summed E-state index contributed by atoms with van der Waals surface area (Å²) in [5.74, 6) is 7.05. The minimum atomic E-state index is -3.57. The molecule has 0 aliphatic carbocycles. The van der Waals surface area contributed by atoms with Gasteiger partial charge in [-0.2, -0.15) is 9.57 Å². The summed E-state index contributed by atoms with van der Waals surface area (Å²) >= 11 is 7.38. The van der Waals surface area contributed by atoms with E-state index in [4.69, 9.17) is 22.7 Å². The Morgan fingerprint density at radius 2 is 1.96 bits per heavy atom. The van der Waals surface area contributed by atoms with Gasteiger partial charge in [-0.05, 0) is 37.1 Å². The topological polar surface area (TPSA) is 111 Å². The van der Waals surface area contributed by atoms with Gasteiger partial charge >= 0.3 is 0 Å². The molecule has 3 rings (SSSR count). The van der Waals surface area contributed by atoms with Gasteiger partial charge in [0.15, 0.2) is 0 Å². The van der Waals surface area contributed by atoms with Crippen LogP contribution in [0.5, 0.6) is 0 Å². The predicted molar refractivity (Wildman–Crippen MR) is 108 cm³/mol. The number of nitriles is 1. The second kappa shape index (κ2) is 8.98. The summed E-state index contributed by atoms with van der Waals surface area (Å²) in [6.07, 6.45) is 1.07. The van der Waals surface area contributed by atoms with E-state index in [1.165, 1.54) is 21.4 Å². The number of halogens is 1. The summed E-state index contributed by atoms with van der Waals surface area (Å²) in [5.41, 5.74) is 0. The van der Waals surface area contributed by atoms with Crippen LogP contribution in [-0.2, 0) is 14.8 Å². The molecule has 8 nitrogen and oxygen atoms in total. The fourth-order valence-corrected chi connectivity index (χ4v) is 6.04. The van der Waals surface area contributed by atoms with Gasteiger partial charge in [-0.15, -0.1) is 11.8 Å². The fourth-order valence-electron chi connectivity index (χ4n) is 3.34. The lowest BCUT2D eigenvalue weighted by Gasteiger charge is -2.36. The first-order chi connectivity index (χ1) is 13.3. The van der Waals surface area contributed by atoms with Crippen LogP contribution < -0.4 is 5.84 Å². The summed E-state index contributed by atoms with van der Waals surface area (Å²) in [7, 11) is -3.57. The Morgan fingerprint density at radius 3 is 2.57 bits per heavy atom. The van der Waals surface area contributed by atoms with Crippen molar-refractivity contribution in [2.75, 3.05) is 31.3 Å². The number of amides is 1. The fraction of sp³-hybridized carbons (Fsp3) is 0.529. The summed E-state index contributed by atoms with van der Waals surface area (Å²) < 4.78 is 26.9. The minimum Gasteiger partial charge on any atom is -0.315 e. The molecule has 0 aromatic heterocycles. The van der Waals surface area contributed by atoms with E-state index >= 15 is 0 Å². The normalized spacial score (nSPS) is 21.8. The van der Waals surface area contributed by atoms with Gasteiger partial charge in [-0.3, -0.25) is 10.6 Å². The molecule has 2 fully saturated rings. The maximum absolute atomic E-state index is 12.7. The molecule has 1 atom stereocenters. The third-order valence-corrected chi connectivity index (χ3v) is 8.19. The number of sulfonamides is 1. The molecule has 2 N–H and O–H groups in total. The highest BCUT2D eigenvalue weighted by Crippen LogP contribution is 2.24. The molecule has 0 radical (unpaired) electrons. The first-order valence-electron chi connectivity index (χ1n) is 8.87. The molecule has 2 saturated heterocycles. The number of hydrogen-bond donors (Lipinski definition) is 1. The number of carbonyl (C=O) groups excluding carboxylic acids is 1. The second-order valence-corrected chi connectivity index (χ2v) is 10.1. The lowest BCUT2D eigenvalue weighted by molar-refractivity contribution is -0.132. The van der Waals surface area contributed by atoms with Crippen LogP contribution in [0.1, 0.15) is 12.8 Å². The highest BCUT2D eigenvalue weighted by molar-refractivity contribution is 7.99. The Kier molecular flexibility index (Phi) is 6.85. The van der Waals surface area contributed by atoms with Crippen molar-refractivity contribution in [2.45, 2.75) is 29.8 Å². The van der Waals surface area contributed by atoms with Crippen LogP contribution in [0.25, 0.3) is 0 Å². The summed E-state index contributed by atoms with van der Waals surface area (Å²) in [6, 6.07) is 7.75. The average Bonchev–Trinajstić information content (AvgIpc) is 3.17. The maximum atomic E-state index is 12.7. The van der Waals surface area contributed by atoms with Gasteiger partial charge in [0.25, 0.3) is 0 Å². The first-order valence-corrected chi connectivity index (χ1v) is 11.8. The van der Waals surface area contributed by atoms with Gasteiger partial charge in [0.05, 0.1) is 23.4 Å². The third-order valence-electron chi connectivity index (χ3n) is 5.01. The Labute approximate surface area is 174 Å². The molecular formula is C17H22ClN5O3S2. The standard InChI is InChI=1S/C17H22ClN5O3S2/c18-13-1-3-16(4-2-13)28(25,26)21-7-5-14(6-8-21)23(20)10-17(24)22-12-27-11-15(22)9-19/h1-4,14-15H,5-8,10-12,20H2/t15-/m1/s1. The van der Waals surface area contributed by atoms with Gasteiger partial charge in [0.1, 0.15) is 6.04 Å². The molecule has 1 aromatic carbocycles. The molecule has 0 bridgehead atoms. The highest BCUT2D eigenvalue weighted by Gasteiger charge is 2.34. The maximum Gasteiger partial charge on any atom is 0.243 e. The van der Waals surface area contributed by atoms with Crippen LogP contribution in [0, 0.1) is 11.3 Å². The number of benzene rings is 1. The molecule has 2 aliphatic heterocycles. The van der Waals surface area contributed by atoms with Gasteiger partial charge in [0.2, 0.25) is 15.9 Å². The number of thioether (sulfide) groups is 1. The number of hydrazine groups is 1. The molecule has 2 aliphatic rings. The summed E-state index contributed by atoms with van der Waals surface area (Å²) in [4.78, 5) is 14.2. The summed E-state index contributed by atoms with van der Waals surface area (Å²) in [5, 5.41) is 11.1. The molecule has 0 spiro atoms. The van der Waals surface area contributed by atoms with Crippen molar-refractivity contribution in [1.29, 1.82) is 5.26 Å². The zero-order chi connectivity index (χ0) is 20.3. The highest BCUT2D eigenvalue weighted by atomic mass is 35.5. The van der Waals surface area contributed by atoms with E-state index < -0.39 is 16.1 Å². The van der Waals surface area contributed by atoms with E-state index in [0.717, 1.165) is 0 Å². The molecule has 28 heavy (non-hydrogen) atoms. The lowest BCUT2D eigenvalue weighted by atomic mass is 10.1. The lowest BCUT2D eigenvalue weighted by Crippen LogP contribution is -2.53. The van der Waals surface area contributed by atoms with Crippen molar-refractivity contribution in [3.8, 4) is 6.07 Å².